The molecule has 0 fully saturated rings. The monoisotopic (exact) mass is 300 g/mol. The fourth-order valence-electron chi connectivity index (χ4n) is 1.91. The van der Waals surface area contributed by atoms with Gasteiger partial charge in [0.2, 0.25) is 11.8 Å². The number of methoxy groups -OCH3 is 1. The predicted molar refractivity (Wildman–Crippen MR) is 80.2 cm³/mol. The fraction of sp³-hybridized carbons (Fsp3) is 0.176. The van der Waals surface area contributed by atoms with Crippen molar-refractivity contribution < 1.29 is 24.8 Å². The number of quaternary nitrogens is 1. The summed E-state index contributed by atoms with van der Waals surface area (Å²) in [4.78, 5) is 23.4. The molecule has 22 heavy (non-hydrogen) atoms. The predicted octanol–water partition coefficient (Wildman–Crippen LogP) is 1.23. The number of Topliss-reactive ketones (excluding diaryl/α,β-unsaturated/α-hetero) is 1. The van der Waals surface area contributed by atoms with Gasteiger partial charge in [-0.25, -0.2) is 4.79 Å². The molecule has 3 N–H and O–H groups in total. The average Bonchev–Trinajstić information content (AvgIpc) is 2.59. The molecule has 0 radical (unpaired) electrons. The van der Waals surface area contributed by atoms with Crippen LogP contribution in [-0.4, -0.2) is 24.9 Å². The van der Waals surface area contributed by atoms with E-state index in [1.165, 1.54) is 7.11 Å². The van der Waals surface area contributed by atoms with Crippen LogP contribution in [0.3, 0.4) is 0 Å². The van der Waals surface area contributed by atoms with E-state index in [0.29, 0.717) is 17.9 Å². The van der Waals surface area contributed by atoms with Gasteiger partial charge in [0.1, 0.15) is 12.4 Å². The normalized spacial score (nSPS) is 11.5. The molecule has 1 atom stereocenters. The van der Waals surface area contributed by atoms with Crippen LogP contribution in [-0.2, 0) is 16.1 Å². The van der Waals surface area contributed by atoms with Gasteiger partial charge in [0.05, 0.1) is 7.11 Å². The third kappa shape index (κ3) is 3.93. The molecule has 0 aliphatic rings. The summed E-state index contributed by atoms with van der Waals surface area (Å²) in [5.74, 6) is -0.366. The second-order valence-corrected chi connectivity index (χ2v) is 4.74. The van der Waals surface area contributed by atoms with Crippen LogP contribution in [0.15, 0.2) is 54.6 Å². The van der Waals surface area contributed by atoms with E-state index < -0.39 is 12.0 Å². The smallest absolute Gasteiger partial charge is 0.373 e. The lowest BCUT2D eigenvalue weighted by Gasteiger charge is -2.08. The van der Waals surface area contributed by atoms with Crippen LogP contribution in [0.1, 0.15) is 15.9 Å². The first kappa shape index (κ1) is 15.7. The first-order valence-electron chi connectivity index (χ1n) is 6.83. The number of hydrogen-bond acceptors (Lipinski definition) is 4. The lowest BCUT2D eigenvalue weighted by molar-refractivity contribution is -0.388. The highest BCUT2D eigenvalue weighted by Gasteiger charge is 2.27. The fourth-order valence-corrected chi connectivity index (χ4v) is 1.91. The van der Waals surface area contributed by atoms with Gasteiger partial charge in [-0.05, 0) is 29.8 Å². The summed E-state index contributed by atoms with van der Waals surface area (Å²) in [6, 6.07) is 15.3. The van der Waals surface area contributed by atoms with Gasteiger partial charge in [0.15, 0.2) is 0 Å². The third-order valence-corrected chi connectivity index (χ3v) is 3.19. The van der Waals surface area contributed by atoms with E-state index >= 15 is 0 Å². The van der Waals surface area contributed by atoms with Gasteiger partial charge in [-0.1, -0.05) is 30.3 Å². The number of hydrogen-bond donors (Lipinski definition) is 1. The lowest BCUT2D eigenvalue weighted by Crippen LogP contribution is -2.69. The largest absolute Gasteiger partial charge is 0.489 e. The van der Waals surface area contributed by atoms with E-state index in [1.807, 2.05) is 30.3 Å². The molecule has 0 aliphatic carbocycles. The van der Waals surface area contributed by atoms with E-state index in [0.717, 1.165) is 5.56 Å². The Bertz CT molecular complexity index is 637. The number of carbonyl (C=O) groups is 2. The Morgan fingerprint density at radius 3 is 2.27 bits per heavy atom. The Labute approximate surface area is 128 Å². The second-order valence-electron chi connectivity index (χ2n) is 4.74. The summed E-state index contributed by atoms with van der Waals surface area (Å²) in [5.41, 5.74) is 4.99. The molecule has 0 bridgehead atoms. The molecule has 2 aromatic carbocycles. The first-order chi connectivity index (χ1) is 10.6. The van der Waals surface area contributed by atoms with Gasteiger partial charge in [-0.3, -0.25) is 4.79 Å². The van der Waals surface area contributed by atoms with Gasteiger partial charge < -0.3 is 15.2 Å². The zero-order valence-corrected chi connectivity index (χ0v) is 12.3. The summed E-state index contributed by atoms with van der Waals surface area (Å²) in [5, 5.41) is 0. The minimum atomic E-state index is -1.05. The van der Waals surface area contributed by atoms with Crippen molar-refractivity contribution in [2.75, 3.05) is 7.11 Å². The number of benzene rings is 2. The molecule has 5 heteroatoms. The van der Waals surface area contributed by atoms with E-state index in [9.17, 15) is 9.59 Å². The van der Waals surface area contributed by atoms with Crippen molar-refractivity contribution >= 4 is 11.8 Å². The highest BCUT2D eigenvalue weighted by Crippen LogP contribution is 2.15. The van der Waals surface area contributed by atoms with Crippen LogP contribution >= 0.6 is 0 Å². The zero-order valence-electron chi connectivity index (χ0n) is 12.3. The Morgan fingerprint density at radius 2 is 1.68 bits per heavy atom. The van der Waals surface area contributed by atoms with E-state index in [-0.39, 0.29) is 5.78 Å². The minimum absolute atomic E-state index is 0.374. The van der Waals surface area contributed by atoms with Gasteiger partial charge in [0, 0.05) is 5.56 Å². The van der Waals surface area contributed by atoms with Crippen LogP contribution in [0.2, 0.25) is 0 Å². The van der Waals surface area contributed by atoms with Crippen molar-refractivity contribution in [3.63, 3.8) is 0 Å². The summed E-state index contributed by atoms with van der Waals surface area (Å²) in [6.07, 6.45) is 0. The number of ether oxygens (including phenoxy) is 2. The van der Waals surface area contributed by atoms with Crippen molar-refractivity contribution in [3.05, 3.63) is 65.7 Å². The summed E-state index contributed by atoms with van der Waals surface area (Å²) in [6.45, 7) is 0.453. The summed E-state index contributed by atoms with van der Waals surface area (Å²) < 4.78 is 10.2. The number of ketones is 1. The molecule has 0 spiro atoms. The maximum Gasteiger partial charge on any atom is 0.373 e. The molecule has 1 unspecified atom stereocenters. The van der Waals surface area contributed by atoms with Gasteiger partial charge in [-0.15, -0.1) is 0 Å². The maximum atomic E-state index is 12.0. The van der Waals surface area contributed by atoms with Crippen molar-refractivity contribution in [2.24, 2.45) is 0 Å². The van der Waals surface area contributed by atoms with Crippen molar-refractivity contribution in [3.8, 4) is 5.75 Å². The molecule has 0 heterocycles. The van der Waals surface area contributed by atoms with Crippen LogP contribution in [0.4, 0.5) is 0 Å². The van der Waals surface area contributed by atoms with Gasteiger partial charge in [0.25, 0.3) is 0 Å². The van der Waals surface area contributed by atoms with Crippen molar-refractivity contribution in [1.82, 2.24) is 0 Å². The lowest BCUT2D eigenvalue weighted by atomic mass is 10.1. The first-order valence-corrected chi connectivity index (χ1v) is 6.83. The van der Waals surface area contributed by atoms with Crippen LogP contribution in [0, 0.1) is 0 Å². The molecule has 0 saturated heterocycles. The molecule has 0 aliphatic heterocycles. The molecule has 114 valence electrons. The van der Waals surface area contributed by atoms with Gasteiger partial charge in [-0.2, -0.15) is 0 Å². The molecule has 5 nitrogen and oxygen atoms in total. The summed E-state index contributed by atoms with van der Waals surface area (Å²) >= 11 is 0. The molecule has 0 aromatic heterocycles. The van der Waals surface area contributed by atoms with E-state index in [1.54, 1.807) is 24.3 Å². The Hall–Kier alpha value is -2.66. The van der Waals surface area contributed by atoms with Crippen molar-refractivity contribution in [2.45, 2.75) is 12.6 Å². The highest BCUT2D eigenvalue weighted by molar-refractivity contribution is 6.10. The van der Waals surface area contributed by atoms with Gasteiger partial charge >= 0.3 is 5.97 Å². The van der Waals surface area contributed by atoms with Crippen LogP contribution in [0.5, 0.6) is 5.75 Å². The van der Waals surface area contributed by atoms with Crippen LogP contribution < -0.4 is 10.5 Å². The zero-order chi connectivity index (χ0) is 15.9. The molecule has 2 aromatic rings. The SMILES string of the molecule is COC(=O)C([NH3+])C(=O)c1ccc(OCc2ccccc2)cc1. The van der Waals surface area contributed by atoms with Crippen molar-refractivity contribution in [1.29, 1.82) is 0 Å². The second kappa shape index (κ2) is 7.38. The number of rotatable bonds is 6. The Kier molecular flexibility index (Phi) is 5.27. The molecule has 0 amide bonds. The molecular weight excluding hydrogens is 282 g/mol. The molecule has 0 saturated carbocycles. The maximum absolute atomic E-state index is 12.0. The summed E-state index contributed by atoms with van der Waals surface area (Å²) in [7, 11) is 1.23. The standard InChI is InChI=1S/C17H17NO4/c1-21-17(20)15(18)16(19)13-7-9-14(10-8-13)22-11-12-5-3-2-4-6-12/h2-10,15H,11,18H2,1H3/p+1. The highest BCUT2D eigenvalue weighted by atomic mass is 16.5. The third-order valence-electron chi connectivity index (χ3n) is 3.19. The minimum Gasteiger partial charge on any atom is -0.489 e. The molecule has 2 rings (SSSR count). The average molecular weight is 300 g/mol. The van der Waals surface area contributed by atoms with Crippen LogP contribution in [0.25, 0.3) is 0 Å². The topological polar surface area (TPSA) is 80.2 Å². The van der Waals surface area contributed by atoms with E-state index in [4.69, 9.17) is 4.74 Å². The number of carbonyl (C=O) groups excluding carboxylic acids is 2. The Balaban J connectivity index is 1.98. The molecular formula is C17H18NO4+. The quantitative estimate of drug-likeness (QED) is 0.494. The number of esters is 1. The van der Waals surface area contributed by atoms with E-state index in [2.05, 4.69) is 10.5 Å². The Morgan fingerprint density at radius 1 is 1.05 bits per heavy atom.